The number of thiazole rings is 1. The molecule has 0 unspecified atom stereocenters. The highest BCUT2D eigenvalue weighted by Gasteiger charge is 2.31. The molecule has 0 saturated heterocycles. The van der Waals surface area contributed by atoms with Crippen molar-refractivity contribution in [1.82, 2.24) is 10.3 Å². The molecule has 2 aromatic rings. The maximum atomic E-state index is 12.5. The van der Waals surface area contributed by atoms with Crippen LogP contribution in [0, 0.1) is 0 Å². The Morgan fingerprint density at radius 3 is 2.79 bits per heavy atom. The fourth-order valence-corrected chi connectivity index (χ4v) is 3.55. The van der Waals surface area contributed by atoms with Gasteiger partial charge in [0, 0.05) is 17.7 Å². The third kappa shape index (κ3) is 3.33. The second kappa shape index (κ2) is 6.73. The Bertz CT molecular complexity index is 769. The van der Waals surface area contributed by atoms with Gasteiger partial charge in [0.15, 0.2) is 6.10 Å². The average Bonchev–Trinajstić information content (AvgIpc) is 3.05. The highest BCUT2D eigenvalue weighted by molar-refractivity contribution is 7.09. The zero-order valence-electron chi connectivity index (χ0n) is 13.9. The summed E-state index contributed by atoms with van der Waals surface area (Å²) in [4.78, 5) is 29.0. The molecule has 0 bridgehead atoms. The molecule has 1 aromatic carbocycles. The van der Waals surface area contributed by atoms with Crippen molar-refractivity contribution in [2.75, 3.05) is 0 Å². The number of carbonyl (C=O) groups is 2. The predicted molar refractivity (Wildman–Crippen MR) is 92.1 cm³/mol. The predicted octanol–water partition coefficient (Wildman–Crippen LogP) is 3.23. The van der Waals surface area contributed by atoms with Crippen molar-refractivity contribution < 1.29 is 14.3 Å². The molecule has 1 N–H and O–H groups in total. The number of carbonyl (C=O) groups excluding carboxylic acids is 2. The van der Waals surface area contributed by atoms with Crippen molar-refractivity contribution in [2.45, 2.75) is 45.3 Å². The summed E-state index contributed by atoms with van der Waals surface area (Å²) in [5.41, 5.74) is 2.22. The van der Waals surface area contributed by atoms with E-state index in [0.717, 1.165) is 16.3 Å². The molecule has 0 spiro atoms. The van der Waals surface area contributed by atoms with Crippen LogP contribution >= 0.6 is 11.3 Å². The van der Waals surface area contributed by atoms with E-state index in [1.165, 1.54) is 0 Å². The van der Waals surface area contributed by atoms with Gasteiger partial charge in [-0.3, -0.25) is 4.79 Å². The normalized spacial score (nSPS) is 18.0. The number of nitrogens with zero attached hydrogens (tertiary/aromatic N) is 1. The van der Waals surface area contributed by atoms with Crippen molar-refractivity contribution in [3.8, 4) is 0 Å². The third-order valence-corrected chi connectivity index (χ3v) is 5.18. The Kier molecular flexibility index (Phi) is 4.66. The second-order valence-electron chi connectivity index (χ2n) is 6.25. The molecule has 1 aliphatic rings. The van der Waals surface area contributed by atoms with Gasteiger partial charge in [-0.1, -0.05) is 32.0 Å². The van der Waals surface area contributed by atoms with Crippen molar-refractivity contribution in [3.63, 3.8) is 0 Å². The van der Waals surface area contributed by atoms with Crippen LogP contribution in [-0.4, -0.2) is 23.0 Å². The van der Waals surface area contributed by atoms with E-state index in [0.29, 0.717) is 17.9 Å². The fourth-order valence-electron chi connectivity index (χ4n) is 2.62. The quantitative estimate of drug-likeness (QED) is 0.865. The number of hydrogen-bond acceptors (Lipinski definition) is 5. The van der Waals surface area contributed by atoms with Crippen LogP contribution in [0.4, 0.5) is 0 Å². The number of aromatic nitrogens is 1. The molecule has 1 aliphatic heterocycles. The first-order valence-electron chi connectivity index (χ1n) is 8.00. The van der Waals surface area contributed by atoms with Crippen LogP contribution in [0.2, 0.25) is 0 Å². The van der Waals surface area contributed by atoms with Gasteiger partial charge in [-0.15, -0.1) is 11.3 Å². The molecular weight excluding hydrogens is 324 g/mol. The van der Waals surface area contributed by atoms with Crippen molar-refractivity contribution in [3.05, 3.63) is 51.5 Å². The molecule has 1 amide bonds. The van der Waals surface area contributed by atoms with E-state index >= 15 is 0 Å². The van der Waals surface area contributed by atoms with Gasteiger partial charge in [0.1, 0.15) is 0 Å². The summed E-state index contributed by atoms with van der Waals surface area (Å²) in [6.07, 6.45) is -0.396. The molecule has 24 heavy (non-hydrogen) atoms. The number of hydrogen-bond donors (Lipinski definition) is 1. The van der Waals surface area contributed by atoms with E-state index in [1.807, 2.05) is 24.4 Å². The Hall–Kier alpha value is -2.21. The van der Waals surface area contributed by atoms with Crippen LogP contribution in [0.15, 0.2) is 29.6 Å². The largest absolute Gasteiger partial charge is 0.448 e. The SMILES string of the molecule is CC(C)c1nc([C@H](C)NC(=O)[C@H]2Cc3ccccc3C(=O)O2)cs1. The monoisotopic (exact) mass is 344 g/mol. The number of amides is 1. The van der Waals surface area contributed by atoms with Crippen LogP contribution in [0.25, 0.3) is 0 Å². The maximum Gasteiger partial charge on any atom is 0.339 e. The van der Waals surface area contributed by atoms with Crippen LogP contribution in [0.1, 0.15) is 59.4 Å². The van der Waals surface area contributed by atoms with E-state index in [4.69, 9.17) is 4.74 Å². The number of benzene rings is 1. The Balaban J connectivity index is 1.68. The lowest BCUT2D eigenvalue weighted by Crippen LogP contribution is -2.42. The molecule has 0 saturated carbocycles. The van der Waals surface area contributed by atoms with Gasteiger partial charge in [0.25, 0.3) is 5.91 Å². The number of fused-ring (bicyclic) bond motifs is 1. The van der Waals surface area contributed by atoms with Crippen LogP contribution in [0.3, 0.4) is 0 Å². The van der Waals surface area contributed by atoms with Crippen LogP contribution in [-0.2, 0) is 16.0 Å². The van der Waals surface area contributed by atoms with Crippen LogP contribution < -0.4 is 5.32 Å². The second-order valence-corrected chi connectivity index (χ2v) is 7.14. The van der Waals surface area contributed by atoms with E-state index in [-0.39, 0.29) is 11.9 Å². The molecule has 2 atom stereocenters. The Labute approximate surface area is 145 Å². The number of nitrogens with one attached hydrogen (secondary N) is 1. The number of ether oxygens (including phenoxy) is 1. The van der Waals surface area contributed by atoms with Crippen LogP contribution in [0.5, 0.6) is 0 Å². The molecule has 5 nitrogen and oxygen atoms in total. The first-order chi connectivity index (χ1) is 11.5. The van der Waals surface area contributed by atoms with E-state index in [9.17, 15) is 9.59 Å². The summed E-state index contributed by atoms with van der Waals surface area (Å²) >= 11 is 1.59. The molecule has 126 valence electrons. The minimum Gasteiger partial charge on any atom is -0.448 e. The summed E-state index contributed by atoms with van der Waals surface area (Å²) in [7, 11) is 0. The summed E-state index contributed by atoms with van der Waals surface area (Å²) in [5, 5.41) is 5.90. The highest BCUT2D eigenvalue weighted by atomic mass is 32.1. The average molecular weight is 344 g/mol. The summed E-state index contributed by atoms with van der Waals surface area (Å²) in [6.45, 7) is 6.06. The topological polar surface area (TPSA) is 68.3 Å². The number of rotatable bonds is 4. The standard InChI is InChI=1S/C18H20N2O3S/c1-10(2)17-20-14(9-24-17)11(3)19-16(21)15-8-12-6-4-5-7-13(12)18(22)23-15/h4-7,9-11,15H,8H2,1-3H3,(H,19,21)/t11-,15+/m0/s1. The van der Waals surface area contributed by atoms with Gasteiger partial charge >= 0.3 is 5.97 Å². The smallest absolute Gasteiger partial charge is 0.339 e. The Morgan fingerprint density at radius 2 is 2.08 bits per heavy atom. The molecule has 2 heterocycles. The first-order valence-corrected chi connectivity index (χ1v) is 8.88. The lowest BCUT2D eigenvalue weighted by molar-refractivity contribution is -0.131. The van der Waals surface area contributed by atoms with Gasteiger partial charge < -0.3 is 10.1 Å². The fraction of sp³-hybridized carbons (Fsp3) is 0.389. The molecule has 0 radical (unpaired) electrons. The lowest BCUT2D eigenvalue weighted by atomic mass is 9.98. The zero-order valence-corrected chi connectivity index (χ0v) is 14.7. The summed E-state index contributed by atoms with van der Waals surface area (Å²) in [6, 6.07) is 7.00. The molecule has 1 aromatic heterocycles. The molecule has 6 heteroatoms. The van der Waals surface area contributed by atoms with E-state index in [2.05, 4.69) is 24.1 Å². The van der Waals surface area contributed by atoms with E-state index < -0.39 is 12.1 Å². The minimum atomic E-state index is -0.793. The molecule has 0 fully saturated rings. The zero-order chi connectivity index (χ0) is 17.3. The third-order valence-electron chi connectivity index (χ3n) is 4.02. The maximum absolute atomic E-state index is 12.5. The minimum absolute atomic E-state index is 0.225. The van der Waals surface area contributed by atoms with Gasteiger partial charge in [0.05, 0.1) is 22.3 Å². The van der Waals surface area contributed by atoms with Gasteiger partial charge in [-0.05, 0) is 18.6 Å². The first kappa shape index (κ1) is 16.6. The van der Waals surface area contributed by atoms with Crippen molar-refractivity contribution >= 4 is 23.2 Å². The number of cyclic esters (lactones) is 1. The van der Waals surface area contributed by atoms with Gasteiger partial charge in [0.2, 0.25) is 0 Å². The Morgan fingerprint density at radius 1 is 1.33 bits per heavy atom. The lowest BCUT2D eigenvalue weighted by Gasteiger charge is -2.25. The summed E-state index contributed by atoms with van der Waals surface area (Å²) in [5.74, 6) is -0.368. The summed E-state index contributed by atoms with van der Waals surface area (Å²) < 4.78 is 5.29. The molecular formula is C18H20N2O3S. The van der Waals surface area contributed by atoms with Crippen molar-refractivity contribution in [1.29, 1.82) is 0 Å². The van der Waals surface area contributed by atoms with E-state index in [1.54, 1.807) is 23.5 Å². The molecule has 0 aliphatic carbocycles. The van der Waals surface area contributed by atoms with Gasteiger partial charge in [-0.2, -0.15) is 0 Å². The molecule has 3 rings (SSSR count). The van der Waals surface area contributed by atoms with Crippen molar-refractivity contribution in [2.24, 2.45) is 0 Å². The highest BCUT2D eigenvalue weighted by Crippen LogP contribution is 2.24. The number of esters is 1. The van der Waals surface area contributed by atoms with Gasteiger partial charge in [-0.25, -0.2) is 9.78 Å².